The zero-order chi connectivity index (χ0) is 21.0. The molecule has 1 fully saturated rings. The van der Waals surface area contributed by atoms with Gasteiger partial charge in [0.15, 0.2) is 23.2 Å². The number of alkyl halides is 3. The second kappa shape index (κ2) is 6.80. The van der Waals surface area contributed by atoms with Gasteiger partial charge in [-0.05, 0) is 6.07 Å². The Morgan fingerprint density at radius 3 is 2.80 bits per heavy atom. The molecule has 2 aliphatic heterocycles. The number of rotatable bonds is 2. The van der Waals surface area contributed by atoms with E-state index in [1.807, 2.05) is 9.95 Å². The Morgan fingerprint density at radius 2 is 2.07 bits per heavy atom. The van der Waals surface area contributed by atoms with Crippen molar-refractivity contribution in [3.05, 3.63) is 46.1 Å². The van der Waals surface area contributed by atoms with E-state index in [9.17, 15) is 22.4 Å². The quantitative estimate of drug-likeness (QED) is 0.570. The molecular weight excluding hydrogens is 428 g/mol. The molecule has 5 rings (SSSR count). The Hall–Kier alpha value is -2.93. The van der Waals surface area contributed by atoms with E-state index in [4.69, 9.17) is 4.74 Å². The summed E-state index contributed by atoms with van der Waals surface area (Å²) in [6.45, 7) is 0.460. The van der Waals surface area contributed by atoms with Crippen LogP contribution in [-0.4, -0.2) is 54.8 Å². The summed E-state index contributed by atoms with van der Waals surface area (Å²) in [4.78, 5) is 21.7. The molecule has 0 N–H and O–H groups in total. The maximum Gasteiger partial charge on any atom is 0.436 e. The number of pyridine rings is 1. The molecule has 3 aromatic rings. The molecule has 2 unspecified atom stereocenters. The van der Waals surface area contributed by atoms with Crippen LogP contribution >= 0.6 is 11.3 Å². The number of thiazole rings is 1. The number of amides is 1. The van der Waals surface area contributed by atoms with Gasteiger partial charge < -0.3 is 14.2 Å². The molecule has 156 valence electrons. The number of hydrogen-bond acceptors (Lipinski definition) is 7. The fourth-order valence-corrected chi connectivity index (χ4v) is 4.32. The molecule has 0 aromatic carbocycles. The van der Waals surface area contributed by atoms with E-state index >= 15 is 0 Å². The van der Waals surface area contributed by atoms with E-state index < -0.39 is 41.2 Å². The third-order valence-electron chi connectivity index (χ3n) is 5.07. The van der Waals surface area contributed by atoms with Crippen LogP contribution in [0.1, 0.15) is 27.9 Å². The van der Waals surface area contributed by atoms with E-state index in [0.29, 0.717) is 17.3 Å². The van der Waals surface area contributed by atoms with E-state index in [2.05, 4.69) is 20.2 Å². The monoisotopic (exact) mass is 440 g/mol. The number of hydrogen-bond donors (Lipinski definition) is 0. The second-order valence-electron chi connectivity index (χ2n) is 6.80. The largest absolute Gasteiger partial charge is 0.436 e. The van der Waals surface area contributed by atoms with E-state index in [1.165, 1.54) is 16.2 Å². The van der Waals surface area contributed by atoms with Crippen LogP contribution in [-0.2, 0) is 17.5 Å². The van der Waals surface area contributed by atoms with Gasteiger partial charge in [0.2, 0.25) is 0 Å². The first-order chi connectivity index (χ1) is 14.4. The van der Waals surface area contributed by atoms with E-state index in [-0.39, 0.29) is 19.8 Å². The van der Waals surface area contributed by atoms with Crippen LogP contribution in [0.3, 0.4) is 0 Å². The van der Waals surface area contributed by atoms with Crippen molar-refractivity contribution in [2.75, 3.05) is 13.2 Å². The lowest BCUT2D eigenvalue weighted by Gasteiger charge is -2.45. The zero-order valence-corrected chi connectivity index (χ0v) is 15.8. The van der Waals surface area contributed by atoms with E-state index in [0.717, 1.165) is 12.3 Å². The predicted molar refractivity (Wildman–Crippen MR) is 93.8 cm³/mol. The summed E-state index contributed by atoms with van der Waals surface area (Å²) < 4.78 is 61.0. The summed E-state index contributed by atoms with van der Waals surface area (Å²) in [7, 11) is 0. The fourth-order valence-electron chi connectivity index (χ4n) is 3.79. The number of morpholine rings is 1. The van der Waals surface area contributed by atoms with Gasteiger partial charge in [-0.25, -0.2) is 14.4 Å². The van der Waals surface area contributed by atoms with Crippen molar-refractivity contribution >= 4 is 17.2 Å². The summed E-state index contributed by atoms with van der Waals surface area (Å²) >= 11 is 1.40. The molecule has 0 saturated carbocycles. The van der Waals surface area contributed by atoms with Gasteiger partial charge in [0.1, 0.15) is 11.7 Å². The summed E-state index contributed by atoms with van der Waals surface area (Å²) in [6.07, 6.45) is -4.23. The molecule has 1 amide bonds. The van der Waals surface area contributed by atoms with Crippen LogP contribution in [0.4, 0.5) is 17.6 Å². The molecule has 8 nitrogen and oxygen atoms in total. The molecule has 2 atom stereocenters. The van der Waals surface area contributed by atoms with Crippen LogP contribution in [0.5, 0.6) is 0 Å². The smallest absolute Gasteiger partial charge is 0.377 e. The topological polar surface area (TPSA) is 86.0 Å². The molecule has 13 heteroatoms. The summed E-state index contributed by atoms with van der Waals surface area (Å²) in [5.41, 5.74) is -0.125. The molecule has 1 saturated heterocycles. The van der Waals surface area contributed by atoms with Gasteiger partial charge in [0.25, 0.3) is 5.91 Å². The van der Waals surface area contributed by atoms with Crippen molar-refractivity contribution in [3.8, 4) is 11.5 Å². The van der Waals surface area contributed by atoms with Crippen molar-refractivity contribution in [1.29, 1.82) is 0 Å². The maximum absolute atomic E-state index is 14.5. The van der Waals surface area contributed by atoms with Crippen molar-refractivity contribution in [3.63, 3.8) is 0 Å². The highest BCUT2D eigenvalue weighted by Crippen LogP contribution is 2.37. The molecule has 0 spiro atoms. The molecule has 3 aromatic heterocycles. The Kier molecular flexibility index (Phi) is 4.32. The Balaban J connectivity index is 1.55. The minimum absolute atomic E-state index is 0.0657. The highest BCUT2D eigenvalue weighted by Gasteiger charge is 2.45. The standard InChI is InChI=1S/C17H12F4N6O2S/c18-12-9(1-2-22-13(12)17(19,20)21)16(28)27-8-3-26-14(10-6-30-7-23-10)24-25-15(26)11(27)5-29-4-8/h1-2,6-8,11H,3-5H2. The highest BCUT2D eigenvalue weighted by molar-refractivity contribution is 7.07. The first-order valence-electron chi connectivity index (χ1n) is 8.80. The molecule has 0 aliphatic carbocycles. The number of fused-ring (bicyclic) bond motifs is 4. The Bertz CT molecular complexity index is 1120. The van der Waals surface area contributed by atoms with Gasteiger partial charge in [-0.2, -0.15) is 13.2 Å². The lowest BCUT2D eigenvalue weighted by molar-refractivity contribution is -0.143. The van der Waals surface area contributed by atoms with Crippen molar-refractivity contribution < 1.29 is 27.1 Å². The zero-order valence-electron chi connectivity index (χ0n) is 15.0. The van der Waals surface area contributed by atoms with Crippen molar-refractivity contribution in [2.45, 2.75) is 24.8 Å². The molecule has 5 heterocycles. The fraction of sp³-hybridized carbons (Fsp3) is 0.353. The van der Waals surface area contributed by atoms with Crippen molar-refractivity contribution in [1.82, 2.24) is 29.6 Å². The number of ether oxygens (including phenoxy) is 1. The van der Waals surface area contributed by atoms with Gasteiger partial charge in [0, 0.05) is 18.1 Å². The first kappa shape index (κ1) is 19.1. The third kappa shape index (κ3) is 2.88. The summed E-state index contributed by atoms with van der Waals surface area (Å²) in [5.74, 6) is -1.62. The van der Waals surface area contributed by atoms with Crippen molar-refractivity contribution in [2.24, 2.45) is 0 Å². The van der Waals surface area contributed by atoms with Crippen LogP contribution in [0.25, 0.3) is 11.5 Å². The normalized spacial score (nSPS) is 20.9. The minimum Gasteiger partial charge on any atom is -0.377 e. The van der Waals surface area contributed by atoms with Crippen LogP contribution < -0.4 is 0 Å². The summed E-state index contributed by atoms with van der Waals surface area (Å²) in [5, 5.41) is 10.1. The number of carbonyl (C=O) groups excluding carboxylic acids is 1. The first-order valence-corrected chi connectivity index (χ1v) is 9.74. The minimum atomic E-state index is -5.01. The average Bonchev–Trinajstić information content (AvgIpc) is 3.35. The van der Waals surface area contributed by atoms with E-state index in [1.54, 1.807) is 5.51 Å². The highest BCUT2D eigenvalue weighted by atomic mass is 32.1. The molecule has 2 aliphatic rings. The SMILES string of the molecule is O=C(c1ccnc(C(F)(F)F)c1F)N1C2COCC1c1nnc(-c3cscn3)n1C2. The lowest BCUT2D eigenvalue weighted by atomic mass is 10.0. The van der Waals surface area contributed by atoms with Gasteiger partial charge >= 0.3 is 6.18 Å². The average molecular weight is 440 g/mol. The van der Waals surface area contributed by atoms with Gasteiger partial charge in [0.05, 0.1) is 30.3 Å². The third-order valence-corrected chi connectivity index (χ3v) is 5.66. The molecule has 30 heavy (non-hydrogen) atoms. The van der Waals surface area contributed by atoms with Crippen LogP contribution in [0.15, 0.2) is 23.2 Å². The number of carbonyl (C=O) groups is 1. The number of halogens is 4. The molecule has 2 bridgehead atoms. The predicted octanol–water partition coefficient (Wildman–Crippen LogP) is 2.55. The Labute approximate surface area is 170 Å². The maximum atomic E-state index is 14.5. The van der Waals surface area contributed by atoms with Crippen LogP contribution in [0, 0.1) is 5.82 Å². The number of aromatic nitrogens is 5. The Morgan fingerprint density at radius 1 is 1.23 bits per heavy atom. The van der Waals surface area contributed by atoms with Gasteiger partial charge in [-0.3, -0.25) is 4.79 Å². The summed E-state index contributed by atoms with van der Waals surface area (Å²) in [6, 6.07) is -0.297. The van der Waals surface area contributed by atoms with Gasteiger partial charge in [-0.1, -0.05) is 0 Å². The molecule has 0 radical (unpaired) electrons. The van der Waals surface area contributed by atoms with Crippen LogP contribution in [0.2, 0.25) is 0 Å². The second-order valence-corrected chi connectivity index (χ2v) is 7.52. The lowest BCUT2D eigenvalue weighted by Crippen LogP contribution is -2.56. The van der Waals surface area contributed by atoms with Gasteiger partial charge in [-0.15, -0.1) is 21.5 Å². The number of nitrogens with zero attached hydrogens (tertiary/aromatic N) is 6. The molecular formula is C17H12F4N6O2S.